The molecule has 0 saturated heterocycles. The van der Waals surface area contributed by atoms with Crippen molar-refractivity contribution < 1.29 is 14.3 Å². The first kappa shape index (κ1) is 18.7. The van der Waals surface area contributed by atoms with Crippen molar-refractivity contribution in [2.24, 2.45) is 0 Å². The average molecular weight is 340 g/mol. The summed E-state index contributed by atoms with van der Waals surface area (Å²) in [6.07, 6.45) is 0. The Morgan fingerprint density at radius 2 is 1.64 bits per heavy atom. The van der Waals surface area contributed by atoms with Crippen molar-refractivity contribution in [3.8, 4) is 0 Å². The molecule has 0 atom stereocenters. The summed E-state index contributed by atoms with van der Waals surface area (Å²) >= 11 is 0. The Morgan fingerprint density at radius 1 is 0.960 bits per heavy atom. The first-order valence-corrected chi connectivity index (χ1v) is 8.36. The molecule has 0 bridgehead atoms. The summed E-state index contributed by atoms with van der Waals surface area (Å²) in [5, 5.41) is 5.44. The predicted molar refractivity (Wildman–Crippen MR) is 97.1 cm³/mol. The van der Waals surface area contributed by atoms with Crippen LogP contribution in [0.3, 0.4) is 0 Å². The van der Waals surface area contributed by atoms with E-state index >= 15 is 0 Å². The van der Waals surface area contributed by atoms with Crippen LogP contribution in [-0.2, 0) is 22.7 Å². The minimum atomic E-state index is -0.242. The molecule has 0 aliphatic heterocycles. The maximum absolute atomic E-state index is 12.1. The molecule has 2 aromatic rings. The summed E-state index contributed by atoms with van der Waals surface area (Å²) in [5.74, 6) is -0.464. The molecule has 0 heterocycles. The van der Waals surface area contributed by atoms with Crippen LogP contribution >= 0.6 is 0 Å². The van der Waals surface area contributed by atoms with Crippen LogP contribution in [0.15, 0.2) is 48.5 Å². The van der Waals surface area contributed by atoms with E-state index in [1.807, 2.05) is 50.2 Å². The first-order chi connectivity index (χ1) is 12.1. The zero-order chi connectivity index (χ0) is 18.1. The van der Waals surface area contributed by atoms with Gasteiger partial charge in [0.25, 0.3) is 5.91 Å². The second-order valence-electron chi connectivity index (χ2n) is 5.73. The number of aryl methyl sites for hydroxylation is 1. The van der Waals surface area contributed by atoms with E-state index in [0.29, 0.717) is 25.3 Å². The maximum Gasteiger partial charge on any atom is 0.251 e. The highest BCUT2D eigenvalue weighted by Gasteiger charge is 2.09. The number of benzene rings is 2. The van der Waals surface area contributed by atoms with E-state index in [2.05, 4.69) is 10.6 Å². The van der Waals surface area contributed by atoms with Gasteiger partial charge in [-0.15, -0.1) is 0 Å². The lowest BCUT2D eigenvalue weighted by Gasteiger charge is -2.09. The first-order valence-electron chi connectivity index (χ1n) is 8.36. The van der Waals surface area contributed by atoms with Crippen molar-refractivity contribution in [3.63, 3.8) is 0 Å². The van der Waals surface area contributed by atoms with E-state index in [9.17, 15) is 9.59 Å². The fourth-order valence-corrected chi connectivity index (χ4v) is 2.32. The van der Waals surface area contributed by atoms with Gasteiger partial charge in [0, 0.05) is 18.7 Å². The fourth-order valence-electron chi connectivity index (χ4n) is 2.32. The molecule has 2 rings (SSSR count). The van der Waals surface area contributed by atoms with Gasteiger partial charge in [0.05, 0.1) is 13.2 Å². The second-order valence-corrected chi connectivity index (χ2v) is 5.73. The average Bonchev–Trinajstić information content (AvgIpc) is 2.64. The number of hydrogen-bond acceptors (Lipinski definition) is 3. The molecule has 0 aromatic heterocycles. The Morgan fingerprint density at radius 3 is 2.32 bits per heavy atom. The highest BCUT2D eigenvalue weighted by atomic mass is 16.5. The van der Waals surface area contributed by atoms with E-state index in [4.69, 9.17) is 4.74 Å². The van der Waals surface area contributed by atoms with Gasteiger partial charge >= 0.3 is 0 Å². The minimum Gasteiger partial charge on any atom is -0.377 e. The van der Waals surface area contributed by atoms with Crippen molar-refractivity contribution in [1.82, 2.24) is 10.6 Å². The number of amides is 2. The van der Waals surface area contributed by atoms with Crippen LogP contribution in [0.5, 0.6) is 0 Å². The molecule has 25 heavy (non-hydrogen) atoms. The third-order valence-electron chi connectivity index (χ3n) is 3.78. The van der Waals surface area contributed by atoms with Gasteiger partial charge in [0.15, 0.2) is 0 Å². The van der Waals surface area contributed by atoms with Gasteiger partial charge in [-0.2, -0.15) is 0 Å². The Balaban J connectivity index is 1.75. The molecule has 0 saturated carbocycles. The van der Waals surface area contributed by atoms with Gasteiger partial charge in [-0.1, -0.05) is 42.5 Å². The summed E-state index contributed by atoms with van der Waals surface area (Å²) in [5.41, 5.74) is 3.56. The number of carbonyl (C=O) groups excluding carboxylic acids is 2. The molecule has 0 aliphatic carbocycles. The molecule has 2 N–H and O–H groups in total. The number of ether oxygens (including phenoxy) is 1. The van der Waals surface area contributed by atoms with Crippen molar-refractivity contribution in [2.45, 2.75) is 27.0 Å². The summed E-state index contributed by atoms with van der Waals surface area (Å²) in [6, 6.07) is 15.2. The zero-order valence-electron chi connectivity index (χ0n) is 14.7. The summed E-state index contributed by atoms with van der Waals surface area (Å²) < 4.78 is 5.35. The van der Waals surface area contributed by atoms with Gasteiger partial charge < -0.3 is 15.4 Å². The molecule has 5 nitrogen and oxygen atoms in total. The predicted octanol–water partition coefficient (Wildman–Crippen LogP) is 2.58. The van der Waals surface area contributed by atoms with Crippen LogP contribution in [0, 0.1) is 6.92 Å². The minimum absolute atomic E-state index is 0.0460. The second kappa shape index (κ2) is 9.59. The normalized spacial score (nSPS) is 10.3. The van der Waals surface area contributed by atoms with Crippen LogP contribution in [0.4, 0.5) is 0 Å². The highest BCUT2D eigenvalue weighted by Crippen LogP contribution is 2.07. The van der Waals surface area contributed by atoms with Crippen LogP contribution in [-0.4, -0.2) is 25.0 Å². The number of rotatable bonds is 8. The molecule has 0 spiro atoms. The van der Waals surface area contributed by atoms with Crippen molar-refractivity contribution in [2.75, 3.05) is 13.2 Å². The summed E-state index contributed by atoms with van der Waals surface area (Å²) in [7, 11) is 0. The smallest absolute Gasteiger partial charge is 0.251 e. The van der Waals surface area contributed by atoms with E-state index in [1.165, 1.54) is 0 Å². The molecular weight excluding hydrogens is 316 g/mol. The van der Waals surface area contributed by atoms with Gasteiger partial charge in [-0.25, -0.2) is 0 Å². The summed E-state index contributed by atoms with van der Waals surface area (Å²) in [6.45, 7) is 5.48. The molecule has 0 aliphatic rings. The molecule has 132 valence electrons. The quantitative estimate of drug-likeness (QED) is 0.776. The van der Waals surface area contributed by atoms with E-state index in [1.54, 1.807) is 12.1 Å². The maximum atomic E-state index is 12.1. The third-order valence-corrected chi connectivity index (χ3v) is 3.78. The Hall–Kier alpha value is -2.66. The van der Waals surface area contributed by atoms with E-state index in [-0.39, 0.29) is 18.4 Å². The lowest BCUT2D eigenvalue weighted by molar-refractivity contribution is -0.120. The Bertz CT molecular complexity index is 711. The highest BCUT2D eigenvalue weighted by molar-refractivity contribution is 5.97. The number of hydrogen-bond donors (Lipinski definition) is 2. The van der Waals surface area contributed by atoms with Gasteiger partial charge in [0.1, 0.15) is 0 Å². The molecular formula is C20H24N2O3. The van der Waals surface area contributed by atoms with Crippen LogP contribution < -0.4 is 10.6 Å². The largest absolute Gasteiger partial charge is 0.377 e. The third kappa shape index (κ3) is 6.04. The van der Waals surface area contributed by atoms with Gasteiger partial charge in [-0.3, -0.25) is 9.59 Å². The van der Waals surface area contributed by atoms with Crippen LogP contribution in [0.1, 0.15) is 34.0 Å². The monoisotopic (exact) mass is 340 g/mol. The van der Waals surface area contributed by atoms with Crippen LogP contribution in [0.2, 0.25) is 0 Å². The zero-order valence-corrected chi connectivity index (χ0v) is 14.7. The topological polar surface area (TPSA) is 67.4 Å². The van der Waals surface area contributed by atoms with Gasteiger partial charge in [0.2, 0.25) is 5.91 Å². The molecule has 5 heteroatoms. The van der Waals surface area contributed by atoms with E-state index < -0.39 is 0 Å². The molecule has 2 aromatic carbocycles. The van der Waals surface area contributed by atoms with Gasteiger partial charge in [-0.05, 0) is 36.6 Å². The molecule has 0 fully saturated rings. The SMILES string of the molecule is CCOCc1ccc(CNC(=O)CNC(=O)c2ccccc2C)cc1. The fraction of sp³-hybridized carbons (Fsp3) is 0.300. The Labute approximate surface area is 148 Å². The summed E-state index contributed by atoms with van der Waals surface area (Å²) in [4.78, 5) is 24.0. The van der Waals surface area contributed by atoms with Crippen molar-refractivity contribution in [1.29, 1.82) is 0 Å². The molecule has 0 unspecified atom stereocenters. The Kier molecular flexibility index (Phi) is 7.16. The van der Waals surface area contributed by atoms with Crippen LogP contribution in [0.25, 0.3) is 0 Å². The molecule has 2 amide bonds. The standard InChI is InChI=1S/C20H24N2O3/c1-3-25-14-17-10-8-16(9-11-17)12-21-19(23)13-22-20(24)18-7-5-4-6-15(18)2/h4-11H,3,12-14H2,1-2H3,(H,21,23)(H,22,24). The van der Waals surface area contributed by atoms with Crippen molar-refractivity contribution >= 4 is 11.8 Å². The van der Waals surface area contributed by atoms with Crippen molar-refractivity contribution in [3.05, 3.63) is 70.8 Å². The number of nitrogens with one attached hydrogen (secondary N) is 2. The molecule has 0 radical (unpaired) electrons. The van der Waals surface area contributed by atoms with E-state index in [0.717, 1.165) is 16.7 Å². The lowest BCUT2D eigenvalue weighted by Crippen LogP contribution is -2.36. The number of carbonyl (C=O) groups is 2. The lowest BCUT2D eigenvalue weighted by atomic mass is 10.1.